The Morgan fingerprint density at radius 2 is 1.86 bits per heavy atom. The van der Waals surface area contributed by atoms with Crippen LogP contribution in [0.2, 0.25) is 5.15 Å². The molecule has 0 saturated carbocycles. The van der Waals surface area contributed by atoms with Crippen molar-refractivity contribution < 1.29 is 14.4 Å². The van der Waals surface area contributed by atoms with Gasteiger partial charge in [-0.3, -0.25) is 19.7 Å². The van der Waals surface area contributed by atoms with Crippen molar-refractivity contribution >= 4 is 35.0 Å². The highest BCUT2D eigenvalue weighted by molar-refractivity contribution is 6.29. The van der Waals surface area contributed by atoms with Crippen molar-refractivity contribution in [3.63, 3.8) is 0 Å². The minimum Gasteiger partial charge on any atom is -0.321 e. The van der Waals surface area contributed by atoms with Crippen molar-refractivity contribution in [2.75, 3.05) is 5.32 Å². The predicted octanol–water partition coefficient (Wildman–Crippen LogP) is 1.87. The third-order valence-corrected chi connectivity index (χ3v) is 3.21. The zero-order valence-electron chi connectivity index (χ0n) is 10.5. The van der Waals surface area contributed by atoms with Crippen LogP contribution in [-0.2, 0) is 0 Å². The molecule has 0 aliphatic carbocycles. The Kier molecular flexibility index (Phi) is 3.15. The molecule has 0 radical (unpaired) electrons. The number of carbonyl (C=O) groups is 3. The van der Waals surface area contributed by atoms with Gasteiger partial charge in [-0.2, -0.15) is 0 Å². The minimum absolute atomic E-state index is 0.196. The minimum atomic E-state index is -0.502. The summed E-state index contributed by atoms with van der Waals surface area (Å²) in [7, 11) is 0. The van der Waals surface area contributed by atoms with Crippen LogP contribution in [0.1, 0.15) is 31.1 Å². The second-order valence-corrected chi connectivity index (χ2v) is 4.75. The number of fused-ring (bicyclic) bond motifs is 1. The summed E-state index contributed by atoms with van der Waals surface area (Å²) in [6.07, 6.45) is 1.42. The molecule has 0 unspecified atom stereocenters. The number of hydrogen-bond acceptors (Lipinski definition) is 4. The van der Waals surface area contributed by atoms with Gasteiger partial charge in [0.05, 0.1) is 23.0 Å². The summed E-state index contributed by atoms with van der Waals surface area (Å²) in [6, 6.07) is 7.47. The van der Waals surface area contributed by atoms with Crippen LogP contribution in [0, 0.1) is 0 Å². The van der Waals surface area contributed by atoms with E-state index >= 15 is 0 Å². The van der Waals surface area contributed by atoms with Crippen LogP contribution in [0.3, 0.4) is 0 Å². The monoisotopic (exact) mass is 301 g/mol. The van der Waals surface area contributed by atoms with Gasteiger partial charge in [0.25, 0.3) is 17.7 Å². The molecule has 0 spiro atoms. The normalized spacial score (nSPS) is 12.8. The summed E-state index contributed by atoms with van der Waals surface area (Å²) in [5.41, 5.74) is 1.21. The van der Waals surface area contributed by atoms with E-state index in [9.17, 15) is 14.4 Å². The first-order valence-corrected chi connectivity index (χ1v) is 6.35. The van der Waals surface area contributed by atoms with Crippen molar-refractivity contribution in [2.24, 2.45) is 0 Å². The van der Waals surface area contributed by atoms with Gasteiger partial charge in [0.15, 0.2) is 0 Å². The maximum atomic E-state index is 12.1. The van der Waals surface area contributed by atoms with E-state index in [0.29, 0.717) is 10.8 Å². The fourth-order valence-corrected chi connectivity index (χ4v) is 2.07. The highest BCUT2D eigenvalue weighted by Gasteiger charge is 2.27. The van der Waals surface area contributed by atoms with Gasteiger partial charge >= 0.3 is 0 Å². The van der Waals surface area contributed by atoms with Crippen molar-refractivity contribution in [3.05, 3.63) is 58.4 Å². The molecule has 1 aliphatic rings. The summed E-state index contributed by atoms with van der Waals surface area (Å²) < 4.78 is 0. The molecule has 104 valence electrons. The molecule has 0 bridgehead atoms. The number of nitrogens with zero attached hydrogens (tertiary/aromatic N) is 1. The molecule has 1 aromatic heterocycles. The smallest absolute Gasteiger partial charge is 0.258 e. The molecule has 1 aliphatic heterocycles. The maximum Gasteiger partial charge on any atom is 0.258 e. The lowest BCUT2D eigenvalue weighted by atomic mass is 10.1. The quantitative estimate of drug-likeness (QED) is 0.655. The molecule has 3 rings (SSSR count). The number of hydrogen-bond donors (Lipinski definition) is 2. The topological polar surface area (TPSA) is 88.2 Å². The molecule has 0 fully saturated rings. The molecule has 2 heterocycles. The molecule has 2 N–H and O–H groups in total. The third-order valence-electron chi connectivity index (χ3n) is 2.98. The van der Waals surface area contributed by atoms with Crippen LogP contribution >= 0.6 is 11.6 Å². The number of amides is 3. The number of imide groups is 1. The number of anilines is 1. The SMILES string of the molecule is O=C(Nc1ccc(Cl)nc1)c1ccc2c(c1)C(=O)NC2=O. The average Bonchev–Trinajstić information content (AvgIpc) is 2.76. The molecule has 0 atom stereocenters. The van der Waals surface area contributed by atoms with E-state index in [1.807, 2.05) is 0 Å². The van der Waals surface area contributed by atoms with Crippen molar-refractivity contribution in [1.29, 1.82) is 0 Å². The van der Waals surface area contributed by atoms with Crippen LogP contribution in [0.15, 0.2) is 36.5 Å². The molecular weight excluding hydrogens is 294 g/mol. The van der Waals surface area contributed by atoms with Crippen LogP contribution < -0.4 is 10.6 Å². The molecule has 3 amide bonds. The lowest BCUT2D eigenvalue weighted by molar-refractivity contribution is 0.0879. The van der Waals surface area contributed by atoms with E-state index in [0.717, 1.165) is 0 Å². The largest absolute Gasteiger partial charge is 0.321 e. The fourth-order valence-electron chi connectivity index (χ4n) is 1.96. The predicted molar refractivity (Wildman–Crippen MR) is 75.4 cm³/mol. The first-order valence-electron chi connectivity index (χ1n) is 5.97. The fraction of sp³-hybridized carbons (Fsp3) is 0. The van der Waals surface area contributed by atoms with E-state index in [4.69, 9.17) is 11.6 Å². The van der Waals surface area contributed by atoms with Gasteiger partial charge < -0.3 is 5.32 Å². The van der Waals surface area contributed by atoms with Crippen molar-refractivity contribution in [2.45, 2.75) is 0 Å². The van der Waals surface area contributed by atoms with Crippen LogP contribution in [-0.4, -0.2) is 22.7 Å². The average molecular weight is 302 g/mol. The molecule has 1 aromatic carbocycles. The molecular formula is C14H8ClN3O3. The Labute approximate surface area is 124 Å². The van der Waals surface area contributed by atoms with Crippen LogP contribution in [0.25, 0.3) is 0 Å². The molecule has 6 nitrogen and oxygen atoms in total. The number of halogens is 1. The first kappa shape index (κ1) is 13.3. The van der Waals surface area contributed by atoms with E-state index < -0.39 is 17.7 Å². The molecule has 0 saturated heterocycles. The Morgan fingerprint density at radius 3 is 2.57 bits per heavy atom. The summed E-state index contributed by atoms with van der Waals surface area (Å²) in [4.78, 5) is 38.9. The summed E-state index contributed by atoms with van der Waals surface area (Å²) in [5.74, 6) is -1.37. The lowest BCUT2D eigenvalue weighted by Gasteiger charge is -2.05. The highest BCUT2D eigenvalue weighted by Crippen LogP contribution is 2.18. The first-order chi connectivity index (χ1) is 10.0. The zero-order chi connectivity index (χ0) is 15.0. The van der Waals surface area contributed by atoms with E-state index in [-0.39, 0.29) is 16.7 Å². The second-order valence-electron chi connectivity index (χ2n) is 4.37. The van der Waals surface area contributed by atoms with Crippen molar-refractivity contribution in [3.8, 4) is 0 Å². The Morgan fingerprint density at radius 1 is 1.10 bits per heavy atom. The van der Waals surface area contributed by atoms with Crippen molar-refractivity contribution in [1.82, 2.24) is 10.3 Å². The van der Waals surface area contributed by atoms with Gasteiger partial charge in [0.2, 0.25) is 0 Å². The molecule has 7 heteroatoms. The van der Waals surface area contributed by atoms with Crippen LogP contribution in [0.4, 0.5) is 5.69 Å². The van der Waals surface area contributed by atoms with E-state index in [1.165, 1.54) is 24.4 Å². The number of aromatic nitrogens is 1. The van der Waals surface area contributed by atoms with Gasteiger partial charge in [-0.15, -0.1) is 0 Å². The lowest BCUT2D eigenvalue weighted by Crippen LogP contribution is -2.19. The molecule has 2 aromatic rings. The van der Waals surface area contributed by atoms with E-state index in [1.54, 1.807) is 12.1 Å². The van der Waals surface area contributed by atoms with Gasteiger partial charge in [-0.25, -0.2) is 4.98 Å². The zero-order valence-corrected chi connectivity index (χ0v) is 11.3. The number of nitrogens with one attached hydrogen (secondary N) is 2. The van der Waals surface area contributed by atoms with E-state index in [2.05, 4.69) is 15.6 Å². The van der Waals surface area contributed by atoms with Gasteiger partial charge in [-0.05, 0) is 30.3 Å². The summed E-state index contributed by atoms with van der Waals surface area (Å²) >= 11 is 5.66. The number of benzene rings is 1. The molecule has 21 heavy (non-hydrogen) atoms. The Bertz CT molecular complexity index is 772. The van der Waals surface area contributed by atoms with Gasteiger partial charge in [0.1, 0.15) is 5.15 Å². The number of carbonyl (C=O) groups excluding carboxylic acids is 3. The Balaban J connectivity index is 1.86. The maximum absolute atomic E-state index is 12.1. The second kappa shape index (κ2) is 4.99. The van der Waals surface area contributed by atoms with Crippen LogP contribution in [0.5, 0.6) is 0 Å². The van der Waals surface area contributed by atoms with Gasteiger partial charge in [-0.1, -0.05) is 11.6 Å². The number of pyridine rings is 1. The summed E-state index contributed by atoms with van der Waals surface area (Å²) in [5, 5.41) is 5.12. The number of rotatable bonds is 2. The third kappa shape index (κ3) is 2.48. The summed E-state index contributed by atoms with van der Waals surface area (Å²) in [6.45, 7) is 0. The Hall–Kier alpha value is -2.73. The van der Waals surface area contributed by atoms with Gasteiger partial charge in [0, 0.05) is 5.56 Å². The highest BCUT2D eigenvalue weighted by atomic mass is 35.5. The standard InChI is InChI=1S/C14H8ClN3O3/c15-11-4-2-8(6-16-11)17-12(19)7-1-3-9-10(5-7)14(21)18-13(9)20/h1-6H,(H,17,19)(H,18,20,21).